The van der Waals surface area contributed by atoms with E-state index in [1.54, 1.807) is 28.8 Å². The van der Waals surface area contributed by atoms with E-state index in [-0.39, 0.29) is 28.3 Å². The minimum atomic E-state index is -1.55. The highest BCUT2D eigenvalue weighted by Crippen LogP contribution is 2.40. The van der Waals surface area contributed by atoms with E-state index in [1.165, 1.54) is 20.8 Å². The molecule has 1 aromatic heterocycles. The monoisotopic (exact) mass is 384 g/mol. The number of hydrogen-bond donors (Lipinski definition) is 1. The quantitative estimate of drug-likeness (QED) is 0.524. The lowest BCUT2D eigenvalue weighted by atomic mass is 9.88. The Bertz CT molecular complexity index is 1080. The number of halogens is 2. The summed E-state index contributed by atoms with van der Waals surface area (Å²) in [6.45, 7) is 0. The largest absolute Gasteiger partial charge is 0.491 e. The smallest absolute Gasteiger partial charge is 0.333 e. The molecule has 1 N–H and O–H groups in total. The summed E-state index contributed by atoms with van der Waals surface area (Å²) in [6.07, 6.45) is 1.53. The molecule has 1 fully saturated rings. The van der Waals surface area contributed by atoms with Crippen LogP contribution in [0.2, 0.25) is 0 Å². The van der Waals surface area contributed by atoms with Crippen LogP contribution in [-0.2, 0) is 4.65 Å². The van der Waals surface area contributed by atoms with E-state index < -0.39 is 23.4 Å². The molecule has 0 aliphatic heterocycles. The Labute approximate surface area is 160 Å². The standard InChI is InChI=1S/C20H17BF2NO4/c1-27-19-16(23)15(22)9-13-17(19)24(12-7-8-12)10-14(18(13)25)20(26)28-21-11-5-3-2-4-6-11/h2-6,9-10,12,20,26H,7-8H2,1H3. The molecule has 1 unspecified atom stereocenters. The zero-order chi connectivity index (χ0) is 19.8. The third-order valence-electron chi connectivity index (χ3n) is 4.74. The van der Waals surface area contributed by atoms with Crippen molar-refractivity contribution in [1.29, 1.82) is 0 Å². The molecule has 8 heteroatoms. The molecule has 0 amide bonds. The molecule has 1 heterocycles. The minimum absolute atomic E-state index is 0.0194. The fraction of sp³-hybridized carbons (Fsp3) is 0.250. The lowest BCUT2D eigenvalue weighted by molar-refractivity contribution is -0.0171. The lowest BCUT2D eigenvalue weighted by Gasteiger charge is -2.18. The van der Waals surface area contributed by atoms with Gasteiger partial charge < -0.3 is 19.1 Å². The van der Waals surface area contributed by atoms with Crippen LogP contribution in [0.4, 0.5) is 8.78 Å². The summed E-state index contributed by atoms with van der Waals surface area (Å²) in [5.74, 6) is -2.66. The zero-order valence-corrected chi connectivity index (χ0v) is 15.1. The van der Waals surface area contributed by atoms with Crippen LogP contribution in [-0.4, -0.2) is 24.3 Å². The number of ether oxygens (including phenoxy) is 1. The van der Waals surface area contributed by atoms with Gasteiger partial charge in [0.15, 0.2) is 23.3 Å². The van der Waals surface area contributed by atoms with E-state index in [1.807, 2.05) is 6.07 Å². The number of aromatic nitrogens is 1. The van der Waals surface area contributed by atoms with Crippen molar-refractivity contribution >= 4 is 23.8 Å². The number of hydrogen-bond acceptors (Lipinski definition) is 4. The Morgan fingerprint density at radius 1 is 1.25 bits per heavy atom. The van der Waals surface area contributed by atoms with Crippen LogP contribution >= 0.6 is 0 Å². The Balaban J connectivity index is 1.80. The summed E-state index contributed by atoms with van der Waals surface area (Å²) in [5.41, 5.74) is 0.189. The molecular weight excluding hydrogens is 367 g/mol. The van der Waals surface area contributed by atoms with E-state index in [4.69, 9.17) is 9.39 Å². The van der Waals surface area contributed by atoms with Gasteiger partial charge in [0.1, 0.15) is 0 Å². The van der Waals surface area contributed by atoms with Gasteiger partial charge in [-0.15, -0.1) is 0 Å². The number of rotatable bonds is 6. The van der Waals surface area contributed by atoms with Crippen LogP contribution in [0, 0.1) is 11.6 Å². The highest BCUT2D eigenvalue weighted by atomic mass is 19.2. The molecule has 0 saturated heterocycles. The number of pyridine rings is 1. The SMILES string of the molecule is COc1c(F)c(F)cc2c(=O)c(C(O)O[B]c3ccccc3)cn(C3CC3)c12. The molecular formula is C20H17BF2NO4. The predicted molar refractivity (Wildman–Crippen MR) is 101 cm³/mol. The third kappa shape index (κ3) is 3.29. The number of aliphatic hydroxyl groups excluding tert-OH is 1. The zero-order valence-electron chi connectivity index (χ0n) is 15.1. The Hall–Kier alpha value is -2.71. The molecule has 1 saturated carbocycles. The van der Waals surface area contributed by atoms with Gasteiger partial charge in [-0.2, -0.15) is 4.39 Å². The normalized spacial score (nSPS) is 14.9. The molecule has 1 atom stereocenters. The van der Waals surface area contributed by atoms with Gasteiger partial charge in [0.2, 0.25) is 5.82 Å². The molecule has 5 nitrogen and oxygen atoms in total. The second-order valence-corrected chi connectivity index (χ2v) is 6.67. The van der Waals surface area contributed by atoms with Crippen molar-refractivity contribution in [1.82, 2.24) is 4.57 Å². The summed E-state index contributed by atoms with van der Waals surface area (Å²) in [6, 6.07) is 9.86. The number of nitrogens with zero attached hydrogens (tertiary/aromatic N) is 1. The molecule has 28 heavy (non-hydrogen) atoms. The fourth-order valence-corrected chi connectivity index (χ4v) is 3.20. The average molecular weight is 384 g/mol. The second-order valence-electron chi connectivity index (χ2n) is 6.67. The molecule has 3 aromatic rings. The molecule has 2 aromatic carbocycles. The van der Waals surface area contributed by atoms with E-state index in [9.17, 15) is 18.7 Å². The van der Waals surface area contributed by atoms with Crippen molar-refractivity contribution in [3.8, 4) is 5.75 Å². The second kappa shape index (κ2) is 7.37. The number of methoxy groups -OCH3 is 1. The topological polar surface area (TPSA) is 60.7 Å². The maximum atomic E-state index is 14.2. The first-order chi connectivity index (χ1) is 13.5. The molecule has 1 aliphatic carbocycles. The molecule has 0 spiro atoms. The minimum Gasteiger partial charge on any atom is -0.491 e. The van der Waals surface area contributed by atoms with Crippen LogP contribution < -0.4 is 15.6 Å². The van der Waals surface area contributed by atoms with Gasteiger partial charge in [0, 0.05) is 12.2 Å². The first-order valence-corrected chi connectivity index (χ1v) is 8.83. The highest BCUT2D eigenvalue weighted by Gasteiger charge is 2.30. The molecule has 4 rings (SSSR count). The molecule has 1 aliphatic rings. The molecule has 0 bridgehead atoms. The van der Waals surface area contributed by atoms with Gasteiger partial charge in [0.25, 0.3) is 0 Å². The summed E-state index contributed by atoms with van der Waals surface area (Å²) >= 11 is 0. The Kier molecular flexibility index (Phi) is 4.91. The third-order valence-corrected chi connectivity index (χ3v) is 4.74. The van der Waals surface area contributed by atoms with Gasteiger partial charge in [-0.05, 0) is 18.9 Å². The van der Waals surface area contributed by atoms with Crippen LogP contribution in [0.5, 0.6) is 5.75 Å². The Morgan fingerprint density at radius 3 is 2.61 bits per heavy atom. The summed E-state index contributed by atoms with van der Waals surface area (Å²) in [7, 11) is 2.56. The van der Waals surface area contributed by atoms with Crippen LogP contribution in [0.25, 0.3) is 10.9 Å². The Morgan fingerprint density at radius 2 is 1.96 bits per heavy atom. The average Bonchev–Trinajstić information content (AvgIpc) is 3.54. The maximum absolute atomic E-state index is 14.2. The van der Waals surface area contributed by atoms with Gasteiger partial charge in [-0.1, -0.05) is 35.8 Å². The van der Waals surface area contributed by atoms with Crippen molar-refractivity contribution in [2.45, 2.75) is 25.2 Å². The first kappa shape index (κ1) is 18.6. The predicted octanol–water partition coefficient (Wildman–Crippen LogP) is 2.58. The number of fused-ring (bicyclic) bond motifs is 1. The van der Waals surface area contributed by atoms with Crippen molar-refractivity contribution < 1.29 is 23.3 Å². The summed E-state index contributed by atoms with van der Waals surface area (Å²) < 4.78 is 40.3. The van der Waals surface area contributed by atoms with Gasteiger partial charge in [-0.3, -0.25) is 4.79 Å². The van der Waals surface area contributed by atoms with Crippen LogP contribution in [0.15, 0.2) is 47.4 Å². The van der Waals surface area contributed by atoms with Crippen molar-refractivity contribution in [3.05, 3.63) is 70.0 Å². The van der Waals surface area contributed by atoms with Crippen molar-refractivity contribution in [3.63, 3.8) is 0 Å². The van der Waals surface area contributed by atoms with Crippen LogP contribution in [0.1, 0.15) is 30.7 Å². The lowest BCUT2D eigenvalue weighted by Crippen LogP contribution is -2.24. The molecule has 1 radical (unpaired) electrons. The highest BCUT2D eigenvalue weighted by molar-refractivity contribution is 6.46. The van der Waals surface area contributed by atoms with E-state index in [0.29, 0.717) is 5.46 Å². The van der Waals surface area contributed by atoms with Gasteiger partial charge in [-0.25, -0.2) is 4.39 Å². The molecule has 143 valence electrons. The number of benzene rings is 2. The summed E-state index contributed by atoms with van der Waals surface area (Å²) in [5, 5.41) is 10.4. The van der Waals surface area contributed by atoms with Crippen molar-refractivity contribution in [2.24, 2.45) is 0 Å². The number of aliphatic hydroxyl groups is 1. The van der Waals surface area contributed by atoms with E-state index in [0.717, 1.165) is 18.9 Å². The summed E-state index contributed by atoms with van der Waals surface area (Å²) in [4.78, 5) is 12.9. The van der Waals surface area contributed by atoms with E-state index >= 15 is 0 Å². The van der Waals surface area contributed by atoms with Crippen molar-refractivity contribution in [2.75, 3.05) is 7.11 Å². The fourth-order valence-electron chi connectivity index (χ4n) is 3.20. The maximum Gasteiger partial charge on any atom is 0.333 e. The van der Waals surface area contributed by atoms with E-state index in [2.05, 4.69) is 0 Å². The first-order valence-electron chi connectivity index (χ1n) is 8.83. The van der Waals surface area contributed by atoms with Gasteiger partial charge in [0.05, 0.1) is 23.6 Å². The van der Waals surface area contributed by atoms with Gasteiger partial charge >= 0.3 is 7.48 Å². The van der Waals surface area contributed by atoms with Crippen LogP contribution in [0.3, 0.4) is 0 Å².